The predicted molar refractivity (Wildman–Crippen MR) is 61.6 cm³/mol. The molecule has 1 atom stereocenters. The van der Waals surface area contributed by atoms with Crippen LogP contribution in [0, 0.1) is 5.92 Å². The number of carbonyl (C=O) groups is 1. The third-order valence-corrected chi connectivity index (χ3v) is 2.37. The maximum atomic E-state index is 11.5. The Morgan fingerprint density at radius 2 is 2.07 bits per heavy atom. The van der Waals surface area contributed by atoms with E-state index in [0.29, 0.717) is 25.3 Å². The van der Waals surface area contributed by atoms with Crippen molar-refractivity contribution in [3.05, 3.63) is 0 Å². The lowest BCUT2D eigenvalue weighted by molar-refractivity contribution is -0.122. The maximum absolute atomic E-state index is 11.5. The van der Waals surface area contributed by atoms with Crippen LogP contribution in [0.1, 0.15) is 33.6 Å². The first-order chi connectivity index (χ1) is 7.11. The fourth-order valence-corrected chi connectivity index (χ4v) is 1.37. The lowest BCUT2D eigenvalue weighted by Gasteiger charge is -2.21. The van der Waals surface area contributed by atoms with Crippen LogP contribution in [0.25, 0.3) is 0 Å². The molecule has 0 bridgehead atoms. The number of aliphatic hydroxyl groups excluding tert-OH is 1. The molecule has 4 nitrogen and oxygen atoms in total. The van der Waals surface area contributed by atoms with Crippen LogP contribution < -0.4 is 10.6 Å². The molecule has 0 radical (unpaired) electrons. The van der Waals surface area contributed by atoms with Gasteiger partial charge in [0.05, 0.1) is 0 Å². The van der Waals surface area contributed by atoms with Crippen LogP contribution >= 0.6 is 0 Å². The molecule has 90 valence electrons. The summed E-state index contributed by atoms with van der Waals surface area (Å²) in [5, 5.41) is 14.9. The summed E-state index contributed by atoms with van der Waals surface area (Å²) in [5.74, 6) is 0.420. The van der Waals surface area contributed by atoms with Gasteiger partial charge in [0.25, 0.3) is 0 Å². The minimum absolute atomic E-state index is 0.0584. The van der Waals surface area contributed by atoms with Gasteiger partial charge in [0.2, 0.25) is 5.91 Å². The monoisotopic (exact) mass is 216 g/mol. The average Bonchev–Trinajstić information content (AvgIpc) is 2.17. The van der Waals surface area contributed by atoms with E-state index >= 15 is 0 Å². The summed E-state index contributed by atoms with van der Waals surface area (Å²) in [7, 11) is 0. The fraction of sp³-hybridized carbons (Fsp3) is 0.909. The lowest BCUT2D eigenvalue weighted by Crippen LogP contribution is -2.40. The van der Waals surface area contributed by atoms with Crippen molar-refractivity contribution in [2.24, 2.45) is 5.92 Å². The summed E-state index contributed by atoms with van der Waals surface area (Å²) in [4.78, 5) is 11.5. The summed E-state index contributed by atoms with van der Waals surface area (Å²) in [6, 6.07) is 0.0872. The summed E-state index contributed by atoms with van der Waals surface area (Å²) in [6.45, 7) is 7.83. The van der Waals surface area contributed by atoms with Gasteiger partial charge < -0.3 is 15.7 Å². The number of hydrogen-bond donors (Lipinski definition) is 3. The van der Waals surface area contributed by atoms with Crippen LogP contribution in [0.5, 0.6) is 0 Å². The van der Waals surface area contributed by atoms with E-state index in [1.165, 1.54) is 0 Å². The van der Waals surface area contributed by atoms with Crippen molar-refractivity contribution in [2.45, 2.75) is 39.7 Å². The van der Waals surface area contributed by atoms with Crippen LogP contribution in [0.3, 0.4) is 0 Å². The van der Waals surface area contributed by atoms with Gasteiger partial charge >= 0.3 is 0 Å². The Bertz CT molecular complexity index is 172. The second kappa shape index (κ2) is 8.68. The normalized spacial score (nSPS) is 12.9. The highest BCUT2D eigenvalue weighted by Gasteiger charge is 2.14. The number of nitrogens with one attached hydrogen (secondary N) is 2. The van der Waals surface area contributed by atoms with Crippen molar-refractivity contribution in [3.8, 4) is 0 Å². The van der Waals surface area contributed by atoms with Crippen LogP contribution in [0.2, 0.25) is 0 Å². The van der Waals surface area contributed by atoms with Gasteiger partial charge in [-0.3, -0.25) is 4.79 Å². The molecule has 1 amide bonds. The molecule has 15 heavy (non-hydrogen) atoms. The zero-order chi connectivity index (χ0) is 11.7. The van der Waals surface area contributed by atoms with E-state index in [2.05, 4.69) is 10.6 Å². The van der Waals surface area contributed by atoms with Gasteiger partial charge in [0.15, 0.2) is 0 Å². The topological polar surface area (TPSA) is 61.4 Å². The van der Waals surface area contributed by atoms with Gasteiger partial charge in [0.1, 0.15) is 0 Å². The Hall–Kier alpha value is -0.610. The minimum atomic E-state index is 0.0584. The second-order valence-electron chi connectivity index (χ2n) is 4.03. The molecule has 3 N–H and O–H groups in total. The van der Waals surface area contributed by atoms with E-state index in [1.54, 1.807) is 0 Å². The Kier molecular flexibility index (Phi) is 8.33. The molecule has 0 aromatic heterocycles. The molecule has 0 saturated heterocycles. The molecule has 0 fully saturated rings. The first-order valence-electron chi connectivity index (χ1n) is 5.72. The van der Waals surface area contributed by atoms with Gasteiger partial charge in [-0.25, -0.2) is 0 Å². The van der Waals surface area contributed by atoms with Gasteiger partial charge in [0, 0.05) is 25.6 Å². The van der Waals surface area contributed by atoms with Crippen molar-refractivity contribution < 1.29 is 9.90 Å². The maximum Gasteiger partial charge on any atom is 0.221 e. The van der Waals surface area contributed by atoms with Crippen molar-refractivity contribution >= 4 is 5.91 Å². The molecule has 4 heteroatoms. The van der Waals surface area contributed by atoms with Gasteiger partial charge in [-0.1, -0.05) is 20.8 Å². The molecule has 0 aliphatic carbocycles. The van der Waals surface area contributed by atoms with Crippen molar-refractivity contribution in [1.82, 2.24) is 10.6 Å². The highest BCUT2D eigenvalue weighted by atomic mass is 16.3. The first-order valence-corrected chi connectivity index (χ1v) is 5.72. The number of hydrogen-bond acceptors (Lipinski definition) is 3. The molecule has 1 unspecified atom stereocenters. The van der Waals surface area contributed by atoms with Crippen LogP contribution in [0.4, 0.5) is 0 Å². The minimum Gasteiger partial charge on any atom is -0.396 e. The average molecular weight is 216 g/mol. The quantitative estimate of drug-likeness (QED) is 0.518. The van der Waals surface area contributed by atoms with E-state index in [9.17, 15) is 4.79 Å². The lowest BCUT2D eigenvalue weighted by atomic mass is 10.0. The molecule has 0 spiro atoms. The summed E-state index contributed by atoms with van der Waals surface area (Å²) in [6.07, 6.45) is 1.13. The summed E-state index contributed by atoms with van der Waals surface area (Å²) >= 11 is 0. The Labute approximate surface area is 92.4 Å². The summed E-state index contributed by atoms with van der Waals surface area (Å²) in [5.41, 5.74) is 0. The smallest absolute Gasteiger partial charge is 0.221 e. The fourth-order valence-electron chi connectivity index (χ4n) is 1.37. The molecule has 0 aromatic rings. The molecule has 0 heterocycles. The highest BCUT2D eigenvalue weighted by molar-refractivity contribution is 5.76. The van der Waals surface area contributed by atoms with E-state index in [-0.39, 0.29) is 18.6 Å². The van der Waals surface area contributed by atoms with Crippen molar-refractivity contribution in [3.63, 3.8) is 0 Å². The van der Waals surface area contributed by atoms with Gasteiger partial charge in [-0.15, -0.1) is 0 Å². The largest absolute Gasteiger partial charge is 0.396 e. The molecule has 0 saturated carbocycles. The zero-order valence-electron chi connectivity index (χ0n) is 10.0. The molecular formula is C11H24N2O2. The third-order valence-electron chi connectivity index (χ3n) is 2.37. The zero-order valence-corrected chi connectivity index (χ0v) is 10.0. The molecular weight excluding hydrogens is 192 g/mol. The van der Waals surface area contributed by atoms with Crippen LogP contribution in [0.15, 0.2) is 0 Å². The number of rotatable bonds is 8. The number of carbonyl (C=O) groups excluding carboxylic acids is 1. The van der Waals surface area contributed by atoms with Crippen LogP contribution in [-0.2, 0) is 4.79 Å². The van der Waals surface area contributed by atoms with E-state index < -0.39 is 0 Å². The van der Waals surface area contributed by atoms with E-state index in [4.69, 9.17) is 5.11 Å². The van der Waals surface area contributed by atoms with Crippen LogP contribution in [-0.4, -0.2) is 36.8 Å². The Morgan fingerprint density at radius 1 is 1.40 bits per heavy atom. The number of amides is 1. The molecule has 0 rings (SSSR count). The highest BCUT2D eigenvalue weighted by Crippen LogP contribution is 2.05. The third kappa shape index (κ3) is 7.33. The van der Waals surface area contributed by atoms with Gasteiger partial charge in [-0.2, -0.15) is 0 Å². The molecule has 0 aromatic carbocycles. The van der Waals surface area contributed by atoms with E-state index in [1.807, 2.05) is 20.8 Å². The Balaban J connectivity index is 3.78. The van der Waals surface area contributed by atoms with Gasteiger partial charge in [-0.05, 0) is 18.9 Å². The standard InChI is InChI=1S/C11H24N2O2/c1-4-12-7-5-11(15)13-10(6-8-14)9(2)3/h9-10,12,14H,4-8H2,1-3H3,(H,13,15). The predicted octanol–water partition coefficient (Wildman–Crippen LogP) is 0.509. The Morgan fingerprint density at radius 3 is 2.53 bits per heavy atom. The second-order valence-corrected chi connectivity index (χ2v) is 4.03. The summed E-state index contributed by atoms with van der Waals surface area (Å²) < 4.78 is 0. The SMILES string of the molecule is CCNCCC(=O)NC(CCO)C(C)C. The van der Waals surface area contributed by atoms with Crippen molar-refractivity contribution in [1.29, 1.82) is 0 Å². The van der Waals surface area contributed by atoms with E-state index in [0.717, 1.165) is 6.54 Å². The van der Waals surface area contributed by atoms with Crippen molar-refractivity contribution in [2.75, 3.05) is 19.7 Å². The first kappa shape index (κ1) is 14.4. The molecule has 0 aliphatic heterocycles. The number of aliphatic hydroxyl groups is 1. The molecule has 0 aliphatic rings.